The highest BCUT2D eigenvalue weighted by molar-refractivity contribution is 7.80. The van der Waals surface area contributed by atoms with Crippen LogP contribution in [0.5, 0.6) is 11.5 Å². The van der Waals surface area contributed by atoms with Crippen molar-refractivity contribution in [2.45, 2.75) is 6.92 Å². The molecule has 2 aromatic carbocycles. The highest BCUT2D eigenvalue weighted by atomic mass is 32.1. The lowest BCUT2D eigenvalue weighted by molar-refractivity contribution is 0.442. The summed E-state index contributed by atoms with van der Waals surface area (Å²) in [7, 11) is 0. The van der Waals surface area contributed by atoms with Gasteiger partial charge in [-0.05, 0) is 37.3 Å². The number of thiocarbonyl (C=S) groups is 1. The van der Waals surface area contributed by atoms with Gasteiger partial charge in [0.05, 0.1) is 0 Å². The van der Waals surface area contributed by atoms with Crippen molar-refractivity contribution in [3.05, 3.63) is 59.4 Å². The van der Waals surface area contributed by atoms with Crippen LogP contribution in [-0.2, 0) is 0 Å². The molecule has 2 N–H and O–H groups in total. The molecule has 18 heavy (non-hydrogen) atoms. The third-order valence-electron chi connectivity index (χ3n) is 2.47. The molecule has 0 atom stereocenters. The monoisotopic (exact) mass is 261 g/mol. The molecule has 0 aromatic heterocycles. The van der Waals surface area contributed by atoms with E-state index in [4.69, 9.17) is 22.7 Å². The normalized spacial score (nSPS) is 10.1. The van der Waals surface area contributed by atoms with Crippen molar-refractivity contribution in [2.24, 2.45) is 5.73 Å². The lowest BCUT2D eigenvalue weighted by Gasteiger charge is -2.08. The average Bonchev–Trinajstić information content (AvgIpc) is 2.34. The summed E-state index contributed by atoms with van der Waals surface area (Å²) < 4.78 is 19.2. The summed E-state index contributed by atoms with van der Waals surface area (Å²) in [6.45, 7) is 1.97. The molecular weight excluding hydrogens is 249 g/mol. The molecule has 4 heteroatoms. The molecule has 0 unspecified atom stereocenters. The van der Waals surface area contributed by atoms with Gasteiger partial charge in [-0.2, -0.15) is 0 Å². The maximum absolute atomic E-state index is 13.7. The summed E-state index contributed by atoms with van der Waals surface area (Å²) in [5.74, 6) is 0.252. The van der Waals surface area contributed by atoms with Gasteiger partial charge >= 0.3 is 0 Å². The van der Waals surface area contributed by atoms with Crippen LogP contribution in [0.3, 0.4) is 0 Å². The molecular formula is C14H12FNOS. The molecule has 0 saturated carbocycles. The van der Waals surface area contributed by atoms with E-state index in [-0.39, 0.29) is 10.7 Å². The van der Waals surface area contributed by atoms with Gasteiger partial charge in [0.2, 0.25) is 0 Å². The Kier molecular flexibility index (Phi) is 3.58. The summed E-state index contributed by atoms with van der Waals surface area (Å²) in [6, 6.07) is 11.8. The molecule has 0 amide bonds. The fraction of sp³-hybridized carbons (Fsp3) is 0.0714. The number of halogens is 1. The lowest BCUT2D eigenvalue weighted by atomic mass is 10.2. The summed E-state index contributed by atoms with van der Waals surface area (Å²) in [5, 5.41) is 0. The molecule has 92 valence electrons. The Labute approximate surface area is 110 Å². The zero-order valence-electron chi connectivity index (χ0n) is 9.81. The van der Waals surface area contributed by atoms with E-state index in [0.717, 1.165) is 5.56 Å². The Morgan fingerprint density at radius 1 is 1.17 bits per heavy atom. The second-order valence-corrected chi connectivity index (χ2v) is 4.36. The molecule has 0 spiro atoms. The van der Waals surface area contributed by atoms with Crippen molar-refractivity contribution in [3.8, 4) is 11.5 Å². The van der Waals surface area contributed by atoms with Crippen LogP contribution >= 0.6 is 12.2 Å². The first kappa shape index (κ1) is 12.5. The SMILES string of the molecule is Cc1ccc(Oc2ccc(C(N)=S)cc2F)cc1. The standard InChI is InChI=1S/C14H12FNOS/c1-9-2-5-11(6-3-9)17-13-7-4-10(14(16)18)8-12(13)15/h2-8H,1H3,(H2,16,18). The third kappa shape index (κ3) is 2.84. The van der Waals surface area contributed by atoms with Crippen LogP contribution < -0.4 is 10.5 Å². The van der Waals surface area contributed by atoms with Gasteiger partial charge in [-0.3, -0.25) is 0 Å². The van der Waals surface area contributed by atoms with Crippen LogP contribution in [0.15, 0.2) is 42.5 Å². The summed E-state index contributed by atoms with van der Waals surface area (Å²) >= 11 is 4.78. The number of benzene rings is 2. The second-order valence-electron chi connectivity index (χ2n) is 3.92. The van der Waals surface area contributed by atoms with Crippen LogP contribution in [0, 0.1) is 12.7 Å². The maximum atomic E-state index is 13.7. The van der Waals surface area contributed by atoms with Gasteiger partial charge in [0.15, 0.2) is 11.6 Å². The van der Waals surface area contributed by atoms with Crippen molar-refractivity contribution in [3.63, 3.8) is 0 Å². The highest BCUT2D eigenvalue weighted by Gasteiger charge is 2.07. The summed E-state index contributed by atoms with van der Waals surface area (Å²) in [4.78, 5) is 0.163. The van der Waals surface area contributed by atoms with Gasteiger partial charge in [-0.1, -0.05) is 29.9 Å². The van der Waals surface area contributed by atoms with Crippen LogP contribution in [0.2, 0.25) is 0 Å². The fourth-order valence-corrected chi connectivity index (χ4v) is 1.60. The van der Waals surface area contributed by atoms with Gasteiger partial charge < -0.3 is 10.5 Å². The molecule has 0 aliphatic carbocycles. The van der Waals surface area contributed by atoms with E-state index in [1.54, 1.807) is 18.2 Å². The van der Waals surface area contributed by atoms with Crippen molar-refractivity contribution >= 4 is 17.2 Å². The minimum absolute atomic E-state index is 0.152. The Bertz CT molecular complexity index is 581. The fourth-order valence-electron chi connectivity index (χ4n) is 1.47. The Morgan fingerprint density at radius 2 is 1.83 bits per heavy atom. The van der Waals surface area contributed by atoms with Gasteiger partial charge in [0, 0.05) is 5.56 Å². The summed E-state index contributed by atoms with van der Waals surface area (Å²) in [5.41, 5.74) is 7.03. The smallest absolute Gasteiger partial charge is 0.166 e. The maximum Gasteiger partial charge on any atom is 0.166 e. The van der Waals surface area contributed by atoms with Gasteiger partial charge in [0.1, 0.15) is 10.7 Å². The second kappa shape index (κ2) is 5.14. The molecule has 0 aliphatic heterocycles. The molecule has 0 fully saturated rings. The van der Waals surface area contributed by atoms with Gasteiger partial charge in [0.25, 0.3) is 0 Å². The lowest BCUT2D eigenvalue weighted by Crippen LogP contribution is -2.09. The van der Waals surface area contributed by atoms with E-state index in [1.165, 1.54) is 12.1 Å². The zero-order chi connectivity index (χ0) is 13.1. The van der Waals surface area contributed by atoms with Crippen molar-refractivity contribution < 1.29 is 9.13 Å². The number of rotatable bonds is 3. The molecule has 0 bridgehead atoms. The Morgan fingerprint density at radius 3 is 2.39 bits per heavy atom. The average molecular weight is 261 g/mol. The number of hydrogen-bond donors (Lipinski definition) is 1. The van der Waals surface area contributed by atoms with Crippen LogP contribution in [0.25, 0.3) is 0 Å². The van der Waals surface area contributed by atoms with Crippen molar-refractivity contribution in [2.75, 3.05) is 0 Å². The van der Waals surface area contributed by atoms with E-state index in [1.807, 2.05) is 19.1 Å². The number of ether oxygens (including phenoxy) is 1. The first-order valence-corrected chi connectivity index (χ1v) is 5.81. The third-order valence-corrected chi connectivity index (χ3v) is 2.70. The largest absolute Gasteiger partial charge is 0.454 e. The van der Waals surface area contributed by atoms with Crippen LogP contribution in [0.1, 0.15) is 11.1 Å². The van der Waals surface area contributed by atoms with Crippen molar-refractivity contribution in [1.29, 1.82) is 0 Å². The van der Waals surface area contributed by atoms with Crippen LogP contribution in [0.4, 0.5) is 4.39 Å². The number of hydrogen-bond acceptors (Lipinski definition) is 2. The topological polar surface area (TPSA) is 35.2 Å². The van der Waals surface area contributed by atoms with E-state index < -0.39 is 5.82 Å². The van der Waals surface area contributed by atoms with Crippen molar-refractivity contribution in [1.82, 2.24) is 0 Å². The van der Waals surface area contributed by atoms with E-state index in [2.05, 4.69) is 0 Å². The first-order valence-electron chi connectivity index (χ1n) is 5.40. The molecule has 0 aliphatic rings. The predicted molar refractivity (Wildman–Crippen MR) is 73.5 cm³/mol. The Hall–Kier alpha value is -1.94. The molecule has 2 rings (SSSR count). The minimum Gasteiger partial charge on any atom is -0.454 e. The quantitative estimate of drug-likeness (QED) is 0.858. The van der Waals surface area contributed by atoms with Gasteiger partial charge in [-0.25, -0.2) is 4.39 Å². The zero-order valence-corrected chi connectivity index (χ0v) is 10.6. The molecule has 2 aromatic rings. The predicted octanol–water partition coefficient (Wildman–Crippen LogP) is 3.56. The summed E-state index contributed by atoms with van der Waals surface area (Å²) in [6.07, 6.45) is 0. The Balaban J connectivity index is 2.24. The minimum atomic E-state index is -0.485. The number of nitrogens with two attached hydrogens (primary N) is 1. The van der Waals surface area contributed by atoms with E-state index >= 15 is 0 Å². The van der Waals surface area contributed by atoms with Crippen LogP contribution in [-0.4, -0.2) is 4.99 Å². The molecule has 0 saturated heterocycles. The molecule has 0 radical (unpaired) electrons. The molecule has 0 heterocycles. The number of aryl methyl sites for hydroxylation is 1. The van der Waals surface area contributed by atoms with E-state index in [0.29, 0.717) is 11.3 Å². The van der Waals surface area contributed by atoms with E-state index in [9.17, 15) is 4.39 Å². The first-order chi connectivity index (χ1) is 8.56. The van der Waals surface area contributed by atoms with Gasteiger partial charge in [-0.15, -0.1) is 0 Å². The highest BCUT2D eigenvalue weighted by Crippen LogP contribution is 2.25. The molecule has 2 nitrogen and oxygen atoms in total.